The van der Waals surface area contributed by atoms with Crippen LogP contribution in [0.15, 0.2) is 10.5 Å². The molecule has 0 spiro atoms. The third kappa shape index (κ3) is 6.63. The summed E-state index contributed by atoms with van der Waals surface area (Å²) in [6.45, 7) is 7.05. The van der Waals surface area contributed by atoms with Crippen molar-refractivity contribution in [2.75, 3.05) is 18.1 Å². The molecule has 0 fully saturated rings. The topological polar surface area (TPSA) is 9.23 Å². The fourth-order valence-electron chi connectivity index (χ4n) is 0.546. The van der Waals surface area contributed by atoms with Crippen LogP contribution in [0, 0.1) is 0 Å². The van der Waals surface area contributed by atoms with Gasteiger partial charge in [0.25, 0.3) is 0 Å². The first kappa shape index (κ1) is 11.2. The second kappa shape index (κ2) is 8.34. The van der Waals surface area contributed by atoms with E-state index in [2.05, 4.69) is 19.3 Å². The molecular weight excluding hydrogens is 176 g/mol. The molecule has 0 radical (unpaired) electrons. The lowest BCUT2D eigenvalue weighted by molar-refractivity contribution is 0.258. The first-order valence-electron chi connectivity index (χ1n) is 3.92. The number of rotatable bonds is 6. The molecule has 0 saturated heterocycles. The van der Waals surface area contributed by atoms with Crippen molar-refractivity contribution in [3.63, 3.8) is 0 Å². The Kier molecular flexibility index (Phi) is 8.52. The highest BCUT2D eigenvalue weighted by molar-refractivity contribution is 8.05. The molecule has 0 heterocycles. The predicted molar refractivity (Wildman–Crippen MR) is 56.0 cm³/mol. The molecule has 11 heavy (non-hydrogen) atoms. The van der Waals surface area contributed by atoms with Crippen LogP contribution < -0.4 is 0 Å². The number of hydrogen-bond acceptors (Lipinski definition) is 3. The molecule has 0 unspecified atom stereocenters. The highest BCUT2D eigenvalue weighted by Gasteiger charge is 1.94. The zero-order valence-electron chi connectivity index (χ0n) is 7.42. The van der Waals surface area contributed by atoms with Crippen LogP contribution in [0.5, 0.6) is 0 Å². The molecule has 0 aliphatic rings. The average Bonchev–Trinajstić information content (AvgIpc) is 2.01. The highest BCUT2D eigenvalue weighted by Crippen LogP contribution is 2.20. The van der Waals surface area contributed by atoms with Gasteiger partial charge in [-0.25, -0.2) is 0 Å². The van der Waals surface area contributed by atoms with Crippen LogP contribution in [-0.4, -0.2) is 18.1 Å². The van der Waals surface area contributed by atoms with Gasteiger partial charge in [-0.15, -0.1) is 11.8 Å². The first-order chi connectivity index (χ1) is 5.35. The average molecular weight is 192 g/mol. The molecule has 3 heteroatoms. The van der Waals surface area contributed by atoms with Crippen molar-refractivity contribution in [2.45, 2.75) is 20.8 Å². The van der Waals surface area contributed by atoms with E-state index in [-0.39, 0.29) is 0 Å². The van der Waals surface area contributed by atoms with Gasteiger partial charge in [0.1, 0.15) is 0 Å². The van der Waals surface area contributed by atoms with Crippen molar-refractivity contribution in [1.29, 1.82) is 0 Å². The first-order valence-corrected chi connectivity index (χ1v) is 5.95. The van der Waals surface area contributed by atoms with Gasteiger partial charge in [0.05, 0.1) is 6.61 Å². The van der Waals surface area contributed by atoms with Crippen LogP contribution in [0.25, 0.3) is 0 Å². The van der Waals surface area contributed by atoms with Gasteiger partial charge < -0.3 is 4.74 Å². The maximum Gasteiger partial charge on any atom is 0.159 e. The van der Waals surface area contributed by atoms with E-state index in [1.807, 2.05) is 6.92 Å². The van der Waals surface area contributed by atoms with Gasteiger partial charge in [0.2, 0.25) is 0 Å². The zero-order valence-corrected chi connectivity index (χ0v) is 9.06. The molecule has 0 aromatic carbocycles. The molecule has 0 aromatic rings. The zero-order chi connectivity index (χ0) is 8.53. The predicted octanol–water partition coefficient (Wildman–Crippen LogP) is 3.33. The van der Waals surface area contributed by atoms with Gasteiger partial charge in [-0.3, -0.25) is 0 Å². The third-order valence-electron chi connectivity index (χ3n) is 0.919. The van der Waals surface area contributed by atoms with Gasteiger partial charge >= 0.3 is 0 Å². The fraction of sp³-hybridized carbons (Fsp3) is 0.750. The number of ether oxygens (including phenoxy) is 1. The smallest absolute Gasteiger partial charge is 0.159 e. The van der Waals surface area contributed by atoms with Crippen LogP contribution in [0.3, 0.4) is 0 Å². The molecule has 0 atom stereocenters. The summed E-state index contributed by atoms with van der Waals surface area (Å²) in [6.07, 6.45) is 0. The van der Waals surface area contributed by atoms with E-state index >= 15 is 0 Å². The van der Waals surface area contributed by atoms with Crippen LogP contribution in [0.1, 0.15) is 20.8 Å². The lowest BCUT2D eigenvalue weighted by Crippen LogP contribution is -1.87. The Hall–Kier alpha value is 0.240. The maximum absolute atomic E-state index is 5.39. The monoisotopic (exact) mass is 192 g/mol. The lowest BCUT2D eigenvalue weighted by atomic mass is 10.9. The minimum absolute atomic E-state index is 0.767. The molecule has 1 nitrogen and oxygen atoms in total. The quantitative estimate of drug-likeness (QED) is 0.597. The molecule has 0 N–H and O–H groups in total. The Morgan fingerprint density at radius 3 is 2.45 bits per heavy atom. The van der Waals surface area contributed by atoms with Crippen molar-refractivity contribution >= 4 is 23.5 Å². The third-order valence-corrected chi connectivity index (χ3v) is 2.59. The van der Waals surface area contributed by atoms with Crippen molar-refractivity contribution in [1.82, 2.24) is 0 Å². The molecule has 0 aliphatic heterocycles. The second-order valence-corrected chi connectivity index (χ2v) is 4.17. The van der Waals surface area contributed by atoms with Crippen molar-refractivity contribution in [3.8, 4) is 0 Å². The minimum atomic E-state index is 0.767. The number of hydrogen-bond donors (Lipinski definition) is 0. The van der Waals surface area contributed by atoms with Gasteiger partial charge in [-0.05, 0) is 18.4 Å². The summed E-state index contributed by atoms with van der Waals surface area (Å²) in [5, 5.41) is 3.15. The Balaban J connectivity index is 3.66. The molecule has 0 rings (SSSR count). The summed E-state index contributed by atoms with van der Waals surface area (Å²) in [4.78, 5) is 0. The van der Waals surface area contributed by atoms with Crippen molar-refractivity contribution in [3.05, 3.63) is 10.5 Å². The Labute approximate surface area is 78.0 Å². The summed E-state index contributed by atoms with van der Waals surface area (Å²) >= 11 is 3.55. The molecule has 0 saturated carbocycles. The highest BCUT2D eigenvalue weighted by atomic mass is 32.2. The van der Waals surface area contributed by atoms with E-state index in [0.29, 0.717) is 0 Å². The SMILES string of the molecule is CCOC(=CSCC)SCC. The van der Waals surface area contributed by atoms with Crippen molar-refractivity contribution < 1.29 is 4.74 Å². The minimum Gasteiger partial charge on any atom is -0.487 e. The summed E-state index contributed by atoms with van der Waals surface area (Å²) in [5.41, 5.74) is 0. The van der Waals surface area contributed by atoms with E-state index < -0.39 is 0 Å². The number of thioether (sulfide) groups is 2. The maximum atomic E-state index is 5.39. The van der Waals surface area contributed by atoms with Gasteiger partial charge in [-0.2, -0.15) is 0 Å². The van der Waals surface area contributed by atoms with Crippen molar-refractivity contribution in [2.24, 2.45) is 0 Å². The van der Waals surface area contributed by atoms with Crippen LogP contribution in [0.4, 0.5) is 0 Å². The van der Waals surface area contributed by atoms with E-state index in [1.165, 1.54) is 0 Å². The summed E-state index contributed by atoms with van der Waals surface area (Å²) in [5.74, 6) is 2.19. The largest absolute Gasteiger partial charge is 0.487 e. The summed E-state index contributed by atoms with van der Waals surface area (Å²) in [6, 6.07) is 0. The van der Waals surface area contributed by atoms with E-state index in [1.54, 1.807) is 23.5 Å². The second-order valence-electron chi connectivity index (χ2n) is 1.76. The van der Waals surface area contributed by atoms with Gasteiger partial charge in [-0.1, -0.05) is 25.6 Å². The van der Waals surface area contributed by atoms with Gasteiger partial charge in [0.15, 0.2) is 5.09 Å². The summed E-state index contributed by atoms with van der Waals surface area (Å²) in [7, 11) is 0. The fourth-order valence-corrected chi connectivity index (χ4v) is 1.88. The molecule has 0 aromatic heterocycles. The Morgan fingerprint density at radius 1 is 1.27 bits per heavy atom. The molecule has 0 bridgehead atoms. The Bertz CT molecular complexity index is 105. The standard InChI is InChI=1S/C8H16OS2/c1-4-9-8(11-6-3)7-10-5-2/h7H,4-6H2,1-3H3. The molecule has 0 amide bonds. The van der Waals surface area contributed by atoms with Crippen LogP contribution in [0.2, 0.25) is 0 Å². The molecular formula is C8H16OS2. The molecule has 0 aliphatic carbocycles. The van der Waals surface area contributed by atoms with Gasteiger partial charge in [0, 0.05) is 5.41 Å². The molecule has 66 valence electrons. The summed E-state index contributed by atoms with van der Waals surface area (Å²) < 4.78 is 5.39. The normalized spacial score (nSPS) is 11.7. The van der Waals surface area contributed by atoms with Crippen LogP contribution >= 0.6 is 23.5 Å². The van der Waals surface area contributed by atoms with E-state index in [0.717, 1.165) is 23.2 Å². The van der Waals surface area contributed by atoms with E-state index in [4.69, 9.17) is 4.74 Å². The van der Waals surface area contributed by atoms with Crippen LogP contribution in [-0.2, 0) is 4.74 Å². The van der Waals surface area contributed by atoms with E-state index in [9.17, 15) is 0 Å². The Morgan fingerprint density at radius 2 is 2.00 bits per heavy atom. The lowest BCUT2D eigenvalue weighted by Gasteiger charge is -2.05.